The molecule has 0 spiro atoms. The summed E-state index contributed by atoms with van der Waals surface area (Å²) >= 11 is 6.12. The number of sulfonamides is 1. The van der Waals surface area contributed by atoms with Crippen molar-refractivity contribution in [2.45, 2.75) is 49.6 Å². The van der Waals surface area contributed by atoms with Gasteiger partial charge < -0.3 is 14.4 Å². The lowest BCUT2D eigenvalue weighted by Crippen LogP contribution is -2.22. The number of fused-ring (bicyclic) bond motifs is 1. The van der Waals surface area contributed by atoms with Gasteiger partial charge in [0, 0.05) is 30.7 Å². The van der Waals surface area contributed by atoms with E-state index in [1.807, 2.05) is 42.5 Å². The Morgan fingerprint density at radius 2 is 1.62 bits per heavy atom. The van der Waals surface area contributed by atoms with Crippen LogP contribution < -0.4 is 4.74 Å². The number of hydrogen-bond acceptors (Lipinski definition) is 5. The fraction of sp³-hybridized carbons (Fsp3) is 0.257. The van der Waals surface area contributed by atoms with Gasteiger partial charge >= 0.3 is 5.97 Å². The Kier molecular flexibility index (Phi) is 8.68. The van der Waals surface area contributed by atoms with Crippen molar-refractivity contribution < 1.29 is 23.1 Å². The third-order valence-corrected chi connectivity index (χ3v) is 10.5. The van der Waals surface area contributed by atoms with E-state index in [1.54, 1.807) is 42.5 Å². The molecule has 1 N–H and O–H groups in total. The normalized spacial score (nSPS) is 14.2. The largest absolute Gasteiger partial charge is 0.489 e. The summed E-state index contributed by atoms with van der Waals surface area (Å²) in [6.45, 7) is 0.220. The highest BCUT2D eigenvalue weighted by atomic mass is 35.5. The van der Waals surface area contributed by atoms with E-state index in [0.29, 0.717) is 22.3 Å². The van der Waals surface area contributed by atoms with Gasteiger partial charge in [-0.05, 0) is 96.3 Å². The summed E-state index contributed by atoms with van der Waals surface area (Å²) in [4.78, 5) is 16.7. The maximum atomic E-state index is 12.9. The highest BCUT2D eigenvalue weighted by Gasteiger charge is 2.23. The van der Waals surface area contributed by atoms with Crippen molar-refractivity contribution in [2.24, 2.45) is 0 Å². The average molecular weight is 644 g/mol. The van der Waals surface area contributed by atoms with E-state index in [1.165, 1.54) is 24.8 Å². The number of carboxylic acids is 1. The van der Waals surface area contributed by atoms with E-state index >= 15 is 0 Å². The predicted octanol–water partition coefficient (Wildman–Crippen LogP) is 8.06. The molecule has 0 unspecified atom stereocenters. The lowest BCUT2D eigenvalue weighted by Gasteiger charge is -2.25. The zero-order chi connectivity index (χ0) is 31.7. The van der Waals surface area contributed by atoms with E-state index < -0.39 is 16.0 Å². The molecule has 0 aliphatic heterocycles. The predicted molar refractivity (Wildman–Crippen MR) is 176 cm³/mol. The number of carboxylic acid groups (broad SMARTS) is 1. The van der Waals surface area contributed by atoms with Crippen LogP contribution in [0.5, 0.6) is 5.75 Å². The van der Waals surface area contributed by atoms with Crippen LogP contribution in [0.25, 0.3) is 33.5 Å². The molecule has 4 aromatic carbocycles. The van der Waals surface area contributed by atoms with Crippen LogP contribution in [0, 0.1) is 0 Å². The standard InChI is InChI=1S/C35H34ClN3O5S/c1-38(2)45(42,43)30-18-12-26(31(21-30)23-8-14-27(36)15-9-23)22-44-29-16-10-24(11-17-29)34-37-32-20-25(35(40)41)13-19-33(32)39(34)28-6-4-3-5-7-28/h8-21,28H,3-7,22H2,1-2H3,(H,40,41). The first kappa shape index (κ1) is 30.8. The number of carbonyl (C=O) groups is 1. The van der Waals surface area contributed by atoms with E-state index in [0.717, 1.165) is 59.3 Å². The van der Waals surface area contributed by atoms with Crippen LogP contribution in [0.2, 0.25) is 5.02 Å². The van der Waals surface area contributed by atoms with Crippen molar-refractivity contribution in [2.75, 3.05) is 14.1 Å². The van der Waals surface area contributed by atoms with Crippen molar-refractivity contribution in [1.29, 1.82) is 0 Å². The second kappa shape index (κ2) is 12.7. The van der Waals surface area contributed by atoms with Gasteiger partial charge in [-0.2, -0.15) is 0 Å². The van der Waals surface area contributed by atoms with Gasteiger partial charge in [0.15, 0.2) is 0 Å². The van der Waals surface area contributed by atoms with Crippen LogP contribution in [0.3, 0.4) is 0 Å². The van der Waals surface area contributed by atoms with Crippen molar-refractivity contribution >= 4 is 38.6 Å². The van der Waals surface area contributed by atoms with E-state index in [4.69, 9.17) is 21.3 Å². The summed E-state index contributed by atoms with van der Waals surface area (Å²) in [7, 11) is -0.611. The van der Waals surface area contributed by atoms with Gasteiger partial charge in [-0.3, -0.25) is 0 Å². The number of ether oxygens (including phenoxy) is 1. The second-order valence-electron chi connectivity index (χ2n) is 11.5. The Balaban J connectivity index is 1.30. The number of hydrogen-bond donors (Lipinski definition) is 1. The van der Waals surface area contributed by atoms with Gasteiger partial charge in [-0.1, -0.05) is 49.1 Å². The molecule has 8 nitrogen and oxygen atoms in total. The van der Waals surface area contributed by atoms with Crippen LogP contribution in [-0.4, -0.2) is 47.4 Å². The van der Waals surface area contributed by atoms with Crippen LogP contribution >= 0.6 is 11.6 Å². The molecule has 1 aromatic heterocycles. The summed E-state index contributed by atoms with van der Waals surface area (Å²) in [5.41, 5.74) is 5.15. The molecule has 5 aromatic rings. The van der Waals surface area contributed by atoms with Gasteiger partial charge in [-0.15, -0.1) is 0 Å². The number of nitrogens with zero attached hydrogens (tertiary/aromatic N) is 3. The molecule has 10 heteroatoms. The number of rotatable bonds is 9. The molecule has 45 heavy (non-hydrogen) atoms. The third kappa shape index (κ3) is 6.33. The topological polar surface area (TPSA) is 102 Å². The van der Waals surface area contributed by atoms with Crippen molar-refractivity contribution in [3.8, 4) is 28.3 Å². The molecular formula is C35H34ClN3O5S. The Bertz CT molecular complexity index is 1960. The zero-order valence-corrected chi connectivity index (χ0v) is 26.7. The molecule has 1 heterocycles. The van der Waals surface area contributed by atoms with Gasteiger partial charge in [0.1, 0.15) is 18.2 Å². The summed E-state index contributed by atoms with van der Waals surface area (Å²) < 4.78 is 35.4. The number of aromatic nitrogens is 2. The molecule has 6 rings (SSSR count). The molecule has 232 valence electrons. The number of aromatic carboxylic acids is 1. The maximum absolute atomic E-state index is 12.9. The molecule has 0 amide bonds. The van der Waals surface area contributed by atoms with Gasteiger partial charge in [-0.25, -0.2) is 22.5 Å². The molecule has 0 radical (unpaired) electrons. The summed E-state index contributed by atoms with van der Waals surface area (Å²) in [6.07, 6.45) is 5.66. The SMILES string of the molecule is CN(C)S(=O)(=O)c1ccc(COc2ccc(-c3nc4cc(C(=O)O)ccc4n3C3CCCCC3)cc2)c(-c2ccc(Cl)cc2)c1. The first-order valence-corrected chi connectivity index (χ1v) is 16.7. The lowest BCUT2D eigenvalue weighted by molar-refractivity contribution is 0.0697. The Morgan fingerprint density at radius 1 is 0.933 bits per heavy atom. The quantitative estimate of drug-likeness (QED) is 0.174. The van der Waals surface area contributed by atoms with Crippen LogP contribution in [0.4, 0.5) is 0 Å². The molecule has 1 fully saturated rings. The van der Waals surface area contributed by atoms with E-state index in [2.05, 4.69) is 4.57 Å². The molecule has 0 bridgehead atoms. The molecule has 0 atom stereocenters. The van der Waals surface area contributed by atoms with Crippen LogP contribution in [-0.2, 0) is 16.6 Å². The van der Waals surface area contributed by atoms with Crippen molar-refractivity contribution in [3.63, 3.8) is 0 Å². The molecular weight excluding hydrogens is 610 g/mol. The van der Waals surface area contributed by atoms with Gasteiger partial charge in [0.05, 0.1) is 21.5 Å². The third-order valence-electron chi connectivity index (χ3n) is 8.40. The Hall–Kier alpha value is -4.18. The van der Waals surface area contributed by atoms with Crippen LogP contribution in [0.1, 0.15) is 54.1 Å². The van der Waals surface area contributed by atoms with E-state index in [-0.39, 0.29) is 17.1 Å². The second-order valence-corrected chi connectivity index (χ2v) is 14.1. The minimum atomic E-state index is -3.63. The molecule has 1 aliphatic rings. The number of benzene rings is 4. The molecule has 1 saturated carbocycles. The fourth-order valence-electron chi connectivity index (χ4n) is 5.96. The first-order chi connectivity index (χ1) is 21.6. The summed E-state index contributed by atoms with van der Waals surface area (Å²) in [5, 5.41) is 10.1. The Morgan fingerprint density at radius 3 is 2.29 bits per heavy atom. The fourth-order valence-corrected chi connectivity index (χ4v) is 7.01. The minimum Gasteiger partial charge on any atom is -0.489 e. The number of halogens is 1. The molecule has 0 saturated heterocycles. The zero-order valence-electron chi connectivity index (χ0n) is 25.1. The minimum absolute atomic E-state index is 0.196. The van der Waals surface area contributed by atoms with Crippen LogP contribution in [0.15, 0.2) is 89.8 Å². The number of imidazole rings is 1. The molecule has 1 aliphatic carbocycles. The van der Waals surface area contributed by atoms with Gasteiger partial charge in [0.25, 0.3) is 0 Å². The Labute approximate surface area is 267 Å². The smallest absolute Gasteiger partial charge is 0.335 e. The summed E-state index contributed by atoms with van der Waals surface area (Å²) in [6, 6.07) is 25.5. The van der Waals surface area contributed by atoms with Gasteiger partial charge in [0.2, 0.25) is 10.0 Å². The van der Waals surface area contributed by atoms with E-state index in [9.17, 15) is 18.3 Å². The van der Waals surface area contributed by atoms with Crippen molar-refractivity contribution in [3.05, 3.63) is 101 Å². The highest BCUT2D eigenvalue weighted by Crippen LogP contribution is 2.37. The maximum Gasteiger partial charge on any atom is 0.335 e. The monoisotopic (exact) mass is 643 g/mol. The van der Waals surface area contributed by atoms with Crippen molar-refractivity contribution in [1.82, 2.24) is 13.9 Å². The summed E-state index contributed by atoms with van der Waals surface area (Å²) in [5.74, 6) is 0.494. The lowest BCUT2D eigenvalue weighted by atomic mass is 9.95. The first-order valence-electron chi connectivity index (χ1n) is 14.9. The highest BCUT2D eigenvalue weighted by molar-refractivity contribution is 7.89. The average Bonchev–Trinajstić information content (AvgIpc) is 3.43.